The maximum absolute atomic E-state index is 3.91. The van der Waals surface area contributed by atoms with Crippen LogP contribution in [0.3, 0.4) is 0 Å². The molecule has 0 saturated carbocycles. The van der Waals surface area contributed by atoms with Crippen molar-refractivity contribution in [3.63, 3.8) is 0 Å². The van der Waals surface area contributed by atoms with Gasteiger partial charge in [0, 0.05) is 17.0 Å². The highest BCUT2D eigenvalue weighted by Gasteiger charge is 2.26. The number of benzene rings is 1. The zero-order chi connectivity index (χ0) is 15.9. The zero-order valence-corrected chi connectivity index (χ0v) is 15.6. The molecule has 1 nitrogen and oxygen atoms in total. The molecule has 0 bridgehead atoms. The molecule has 124 valence electrons. The van der Waals surface area contributed by atoms with Crippen LogP contribution in [0.5, 0.6) is 0 Å². The molecule has 1 aromatic rings. The zero-order valence-electron chi connectivity index (χ0n) is 14.8. The largest absolute Gasteiger partial charge is 0.311 e. The summed E-state index contributed by atoms with van der Waals surface area (Å²) >= 11 is 2.02. The van der Waals surface area contributed by atoms with Gasteiger partial charge >= 0.3 is 0 Å². The van der Waals surface area contributed by atoms with Crippen molar-refractivity contribution in [3.8, 4) is 0 Å². The average Bonchev–Trinajstić information content (AvgIpc) is 2.55. The molecule has 3 atom stereocenters. The number of hydrogen-bond donors (Lipinski definition) is 1. The van der Waals surface area contributed by atoms with E-state index in [1.165, 1.54) is 41.9 Å². The van der Waals surface area contributed by atoms with E-state index in [9.17, 15) is 0 Å². The monoisotopic (exact) mass is 319 g/mol. The third-order valence-electron chi connectivity index (χ3n) is 5.10. The van der Waals surface area contributed by atoms with Crippen LogP contribution in [0, 0.1) is 11.8 Å². The van der Waals surface area contributed by atoms with E-state index < -0.39 is 0 Å². The number of thioether (sulfide) groups is 1. The molecule has 0 aromatic heterocycles. The average molecular weight is 320 g/mol. The lowest BCUT2D eigenvalue weighted by molar-refractivity contribution is 0.221. The molecule has 2 rings (SSSR count). The van der Waals surface area contributed by atoms with Crippen LogP contribution in [-0.4, -0.2) is 17.8 Å². The molecule has 1 aromatic carbocycles. The molecule has 0 amide bonds. The van der Waals surface area contributed by atoms with Gasteiger partial charge in [0.15, 0.2) is 0 Å². The van der Waals surface area contributed by atoms with Crippen LogP contribution in [0.15, 0.2) is 29.2 Å². The molecule has 22 heavy (non-hydrogen) atoms. The number of piperidine rings is 1. The maximum atomic E-state index is 3.91. The quantitative estimate of drug-likeness (QED) is 0.663. The molecule has 1 aliphatic heterocycles. The van der Waals surface area contributed by atoms with Gasteiger partial charge in [0.05, 0.1) is 0 Å². The molecule has 0 spiro atoms. The minimum atomic E-state index is 0.726. The Labute approximate surface area is 141 Å². The van der Waals surface area contributed by atoms with E-state index in [1.807, 2.05) is 11.8 Å². The normalized spacial score (nSPS) is 23.7. The first-order valence-electron chi connectivity index (χ1n) is 9.08. The number of rotatable bonds is 7. The van der Waals surface area contributed by atoms with Crippen molar-refractivity contribution in [3.05, 3.63) is 29.8 Å². The Morgan fingerprint density at radius 1 is 1.18 bits per heavy atom. The van der Waals surface area contributed by atoms with Gasteiger partial charge in [-0.25, -0.2) is 0 Å². The molecule has 0 aliphatic carbocycles. The molecule has 1 heterocycles. The van der Waals surface area contributed by atoms with Gasteiger partial charge in [0.25, 0.3) is 0 Å². The fourth-order valence-electron chi connectivity index (χ4n) is 3.39. The van der Waals surface area contributed by atoms with Crippen molar-refractivity contribution in [2.45, 2.75) is 76.8 Å². The number of nitrogens with one attached hydrogen (secondary N) is 1. The topological polar surface area (TPSA) is 12.0 Å². The highest BCUT2D eigenvalue weighted by atomic mass is 32.2. The minimum Gasteiger partial charge on any atom is -0.311 e. The van der Waals surface area contributed by atoms with Crippen molar-refractivity contribution in [2.75, 3.05) is 5.75 Å². The molecular weight excluding hydrogens is 286 g/mol. The molecule has 1 N–H and O–H groups in total. The Hall–Kier alpha value is -0.470. The summed E-state index contributed by atoms with van der Waals surface area (Å²) in [5.74, 6) is 2.78. The van der Waals surface area contributed by atoms with E-state index in [0.29, 0.717) is 0 Å². The summed E-state index contributed by atoms with van der Waals surface area (Å²) in [4.78, 5) is 1.43. The van der Waals surface area contributed by atoms with E-state index in [-0.39, 0.29) is 0 Å². The second-order valence-electron chi connectivity index (χ2n) is 7.17. The van der Waals surface area contributed by atoms with Gasteiger partial charge in [0.1, 0.15) is 0 Å². The molecule has 3 unspecified atom stereocenters. The van der Waals surface area contributed by atoms with Gasteiger partial charge in [0.2, 0.25) is 0 Å². The lowest BCUT2D eigenvalue weighted by atomic mass is 9.85. The predicted molar refractivity (Wildman–Crippen MR) is 99.7 cm³/mol. The first kappa shape index (κ1) is 17.9. The van der Waals surface area contributed by atoms with E-state index >= 15 is 0 Å². The van der Waals surface area contributed by atoms with Crippen LogP contribution >= 0.6 is 11.8 Å². The van der Waals surface area contributed by atoms with Gasteiger partial charge in [-0.1, -0.05) is 46.2 Å². The Balaban J connectivity index is 1.76. The van der Waals surface area contributed by atoms with Crippen molar-refractivity contribution in [1.29, 1.82) is 0 Å². The summed E-state index contributed by atoms with van der Waals surface area (Å²) < 4.78 is 0. The minimum absolute atomic E-state index is 0.726. The Kier molecular flexibility index (Phi) is 7.30. The highest BCUT2D eigenvalue weighted by molar-refractivity contribution is 7.99. The molecular formula is C20H33NS. The molecule has 2 heteroatoms. The second kappa shape index (κ2) is 8.98. The van der Waals surface area contributed by atoms with Crippen LogP contribution < -0.4 is 5.32 Å². The standard InChI is InChI=1S/C20H33NS/c1-5-17-8-6-9-18(14-17)22-13-12-16(4)20-11-7-10-19(21-20)15(2)3/h6,8-9,14-16,19-21H,5,7,10-13H2,1-4H3. The van der Waals surface area contributed by atoms with Crippen LogP contribution in [0.4, 0.5) is 0 Å². The highest BCUT2D eigenvalue weighted by Crippen LogP contribution is 2.27. The molecule has 1 aliphatic rings. The third kappa shape index (κ3) is 5.31. The molecule has 1 fully saturated rings. The maximum Gasteiger partial charge on any atom is 0.00957 e. The van der Waals surface area contributed by atoms with Gasteiger partial charge in [-0.2, -0.15) is 0 Å². The summed E-state index contributed by atoms with van der Waals surface area (Å²) in [5, 5.41) is 3.91. The first-order valence-corrected chi connectivity index (χ1v) is 10.1. The fraction of sp³-hybridized carbons (Fsp3) is 0.700. The van der Waals surface area contributed by atoms with Crippen LogP contribution in [0.1, 0.15) is 58.9 Å². The van der Waals surface area contributed by atoms with Crippen LogP contribution in [0.25, 0.3) is 0 Å². The van der Waals surface area contributed by atoms with E-state index in [0.717, 1.165) is 30.3 Å². The summed E-state index contributed by atoms with van der Waals surface area (Å²) in [6.07, 6.45) is 6.56. The number of aryl methyl sites for hydroxylation is 1. The summed E-state index contributed by atoms with van der Waals surface area (Å²) in [7, 11) is 0. The lowest BCUT2D eigenvalue weighted by Crippen LogP contribution is -2.48. The van der Waals surface area contributed by atoms with Crippen molar-refractivity contribution >= 4 is 11.8 Å². The SMILES string of the molecule is CCc1cccc(SCCC(C)C2CCCC(C(C)C)N2)c1. The van der Waals surface area contributed by atoms with Crippen LogP contribution in [-0.2, 0) is 6.42 Å². The smallest absolute Gasteiger partial charge is 0.00957 e. The fourth-order valence-corrected chi connectivity index (χ4v) is 4.53. The summed E-state index contributed by atoms with van der Waals surface area (Å²) in [6, 6.07) is 10.5. The van der Waals surface area contributed by atoms with E-state index in [1.54, 1.807) is 0 Å². The first-order chi connectivity index (χ1) is 10.6. The Bertz CT molecular complexity index is 443. The Morgan fingerprint density at radius 2 is 1.95 bits per heavy atom. The van der Waals surface area contributed by atoms with Crippen molar-refractivity contribution in [1.82, 2.24) is 5.32 Å². The van der Waals surface area contributed by atoms with Gasteiger partial charge in [-0.3, -0.25) is 0 Å². The van der Waals surface area contributed by atoms with Gasteiger partial charge < -0.3 is 5.32 Å². The second-order valence-corrected chi connectivity index (χ2v) is 8.34. The van der Waals surface area contributed by atoms with Gasteiger partial charge in [-0.05, 0) is 61.0 Å². The molecule has 1 saturated heterocycles. The van der Waals surface area contributed by atoms with Crippen molar-refractivity contribution in [2.24, 2.45) is 11.8 Å². The number of hydrogen-bond acceptors (Lipinski definition) is 2. The van der Waals surface area contributed by atoms with E-state index in [2.05, 4.69) is 57.3 Å². The van der Waals surface area contributed by atoms with E-state index in [4.69, 9.17) is 0 Å². The summed E-state index contributed by atoms with van der Waals surface area (Å²) in [5.41, 5.74) is 1.45. The third-order valence-corrected chi connectivity index (χ3v) is 6.13. The molecule has 0 radical (unpaired) electrons. The Morgan fingerprint density at radius 3 is 2.68 bits per heavy atom. The summed E-state index contributed by atoms with van der Waals surface area (Å²) in [6.45, 7) is 9.36. The predicted octanol–water partition coefficient (Wildman–Crippen LogP) is 5.53. The van der Waals surface area contributed by atoms with Crippen molar-refractivity contribution < 1.29 is 0 Å². The lowest BCUT2D eigenvalue weighted by Gasteiger charge is -2.36. The van der Waals surface area contributed by atoms with Crippen LogP contribution in [0.2, 0.25) is 0 Å². The van der Waals surface area contributed by atoms with Gasteiger partial charge in [-0.15, -0.1) is 11.8 Å².